The van der Waals surface area contributed by atoms with Crippen LogP contribution in [0.25, 0.3) is 11.4 Å². The van der Waals surface area contributed by atoms with Crippen LogP contribution in [0.2, 0.25) is 0 Å². The molecular weight excluding hydrogens is 374 g/mol. The lowest BCUT2D eigenvalue weighted by Gasteiger charge is -2.35. The van der Waals surface area contributed by atoms with Crippen molar-refractivity contribution in [2.24, 2.45) is 0 Å². The molecule has 150 valence electrons. The molecule has 7 nitrogen and oxygen atoms in total. The van der Waals surface area contributed by atoms with E-state index in [4.69, 9.17) is 4.52 Å². The number of thioether (sulfide) groups is 1. The molecule has 28 heavy (non-hydrogen) atoms. The molecule has 0 atom stereocenters. The number of anilines is 1. The van der Waals surface area contributed by atoms with Crippen LogP contribution in [0.1, 0.15) is 38.5 Å². The molecule has 8 heteroatoms. The number of carbonyl (C=O) groups is 1. The predicted octanol–water partition coefficient (Wildman–Crippen LogP) is 3.02. The summed E-state index contributed by atoms with van der Waals surface area (Å²) in [6.07, 6.45) is 7.70. The van der Waals surface area contributed by atoms with Gasteiger partial charge in [0.1, 0.15) is 5.82 Å². The number of carbonyl (C=O) groups excluding carboxylic acids is 1. The van der Waals surface area contributed by atoms with Crippen molar-refractivity contribution in [1.82, 2.24) is 20.0 Å². The summed E-state index contributed by atoms with van der Waals surface area (Å²) in [6, 6.07) is 3.97. The van der Waals surface area contributed by atoms with Crippen molar-refractivity contribution >= 4 is 23.5 Å². The lowest BCUT2D eigenvalue weighted by atomic mass is 10.2. The second-order valence-corrected chi connectivity index (χ2v) is 8.64. The first-order chi connectivity index (χ1) is 13.7. The number of piperazine rings is 1. The zero-order valence-electron chi connectivity index (χ0n) is 16.3. The zero-order valence-corrected chi connectivity index (χ0v) is 17.2. The van der Waals surface area contributed by atoms with Gasteiger partial charge in [0.05, 0.1) is 5.75 Å². The quantitative estimate of drug-likeness (QED) is 0.736. The van der Waals surface area contributed by atoms with Gasteiger partial charge >= 0.3 is 0 Å². The minimum Gasteiger partial charge on any atom is -0.353 e. The van der Waals surface area contributed by atoms with E-state index in [1.54, 1.807) is 6.20 Å². The maximum atomic E-state index is 12.5. The lowest BCUT2D eigenvalue weighted by molar-refractivity contribution is -0.128. The van der Waals surface area contributed by atoms with Crippen LogP contribution in [-0.2, 0) is 11.2 Å². The van der Waals surface area contributed by atoms with Crippen LogP contribution in [0.15, 0.2) is 22.9 Å². The van der Waals surface area contributed by atoms with Gasteiger partial charge in [-0.1, -0.05) is 24.9 Å². The predicted molar refractivity (Wildman–Crippen MR) is 110 cm³/mol. The Hall–Kier alpha value is -2.09. The largest absolute Gasteiger partial charge is 0.353 e. The van der Waals surface area contributed by atoms with Gasteiger partial charge in [-0.25, -0.2) is 4.98 Å². The summed E-state index contributed by atoms with van der Waals surface area (Å²) >= 11 is 1.85. The molecule has 0 radical (unpaired) electrons. The van der Waals surface area contributed by atoms with Crippen LogP contribution in [0.5, 0.6) is 0 Å². The highest BCUT2D eigenvalue weighted by Gasteiger charge is 2.24. The van der Waals surface area contributed by atoms with Crippen LogP contribution in [-0.4, -0.2) is 63.1 Å². The maximum Gasteiger partial charge on any atom is 0.232 e. The molecule has 3 heterocycles. The molecule has 1 saturated heterocycles. The van der Waals surface area contributed by atoms with Crippen molar-refractivity contribution < 1.29 is 9.32 Å². The summed E-state index contributed by atoms with van der Waals surface area (Å²) in [5.41, 5.74) is 0.852. The first-order valence-electron chi connectivity index (χ1n) is 10.2. The number of aryl methyl sites for hydroxylation is 1. The molecule has 0 spiro atoms. The van der Waals surface area contributed by atoms with Gasteiger partial charge in [-0.3, -0.25) is 4.79 Å². The fourth-order valence-corrected chi connectivity index (χ4v) is 4.97. The number of hydrogen-bond donors (Lipinski definition) is 0. The lowest BCUT2D eigenvalue weighted by Crippen LogP contribution is -2.49. The Morgan fingerprint density at radius 1 is 1.21 bits per heavy atom. The molecule has 2 aliphatic rings. The van der Waals surface area contributed by atoms with Crippen LogP contribution in [0.3, 0.4) is 0 Å². The van der Waals surface area contributed by atoms with Gasteiger partial charge in [0.15, 0.2) is 0 Å². The van der Waals surface area contributed by atoms with Gasteiger partial charge in [0, 0.05) is 49.6 Å². The summed E-state index contributed by atoms with van der Waals surface area (Å²) < 4.78 is 5.16. The first-order valence-corrected chi connectivity index (χ1v) is 11.2. The van der Waals surface area contributed by atoms with E-state index in [2.05, 4.69) is 20.0 Å². The first kappa shape index (κ1) is 19.2. The molecule has 2 aromatic heterocycles. The molecule has 0 unspecified atom stereocenters. The van der Waals surface area contributed by atoms with Gasteiger partial charge in [0.2, 0.25) is 17.6 Å². The van der Waals surface area contributed by atoms with Gasteiger partial charge in [-0.05, 0) is 25.0 Å². The van der Waals surface area contributed by atoms with Crippen molar-refractivity contribution in [1.29, 1.82) is 0 Å². The molecule has 0 bridgehead atoms. The molecule has 1 amide bonds. The van der Waals surface area contributed by atoms with Crippen molar-refractivity contribution in [2.45, 2.75) is 44.3 Å². The molecule has 4 rings (SSSR count). The van der Waals surface area contributed by atoms with Gasteiger partial charge in [-0.2, -0.15) is 4.98 Å². The molecular formula is C20H27N5O2S. The van der Waals surface area contributed by atoms with Crippen LogP contribution < -0.4 is 4.90 Å². The Labute approximate surface area is 169 Å². The number of hydrogen-bond acceptors (Lipinski definition) is 7. The third kappa shape index (κ3) is 4.48. The van der Waals surface area contributed by atoms with E-state index >= 15 is 0 Å². The third-order valence-electron chi connectivity index (χ3n) is 5.48. The second-order valence-electron chi connectivity index (χ2n) is 7.36. The Kier molecular flexibility index (Phi) is 6.14. The summed E-state index contributed by atoms with van der Waals surface area (Å²) in [5, 5.41) is 4.68. The van der Waals surface area contributed by atoms with Gasteiger partial charge in [0.25, 0.3) is 0 Å². The van der Waals surface area contributed by atoms with Crippen LogP contribution in [0.4, 0.5) is 5.82 Å². The van der Waals surface area contributed by atoms with Gasteiger partial charge < -0.3 is 14.3 Å². The Balaban J connectivity index is 1.27. The fraction of sp³-hybridized carbons (Fsp3) is 0.600. The van der Waals surface area contributed by atoms with Crippen molar-refractivity contribution in [3.8, 4) is 11.4 Å². The molecule has 0 N–H and O–H groups in total. The minimum absolute atomic E-state index is 0.281. The number of aromatic nitrogens is 3. The third-order valence-corrected chi connectivity index (χ3v) is 6.83. The van der Waals surface area contributed by atoms with Crippen LogP contribution in [0, 0.1) is 0 Å². The van der Waals surface area contributed by atoms with Crippen molar-refractivity contribution in [3.63, 3.8) is 0 Å². The summed E-state index contributed by atoms with van der Waals surface area (Å²) in [6.45, 7) is 5.13. The number of pyridine rings is 1. The number of rotatable bonds is 6. The van der Waals surface area contributed by atoms with E-state index in [9.17, 15) is 4.79 Å². The van der Waals surface area contributed by atoms with E-state index < -0.39 is 0 Å². The zero-order chi connectivity index (χ0) is 19.3. The van der Waals surface area contributed by atoms with Crippen molar-refractivity contribution in [3.05, 3.63) is 24.2 Å². The SMILES string of the molecule is CCc1nc(-c2ccc(N3CCN(C(=O)CSC4CCCC4)CC3)nc2)no1. The highest BCUT2D eigenvalue weighted by atomic mass is 32.2. The molecule has 1 saturated carbocycles. The average molecular weight is 402 g/mol. The standard InChI is InChI=1S/C20H27N5O2S/c1-2-18-22-20(23-27-18)15-7-8-17(21-13-15)24-9-11-25(12-10-24)19(26)14-28-16-5-3-4-6-16/h7-8,13,16H,2-6,9-12,14H2,1H3. The molecule has 1 aliphatic carbocycles. The van der Waals surface area contributed by atoms with E-state index in [-0.39, 0.29) is 5.91 Å². The maximum absolute atomic E-state index is 12.5. The summed E-state index contributed by atoms with van der Waals surface area (Å²) in [7, 11) is 0. The highest BCUT2D eigenvalue weighted by Crippen LogP contribution is 2.29. The normalized spacial score (nSPS) is 18.0. The minimum atomic E-state index is 0.281. The smallest absolute Gasteiger partial charge is 0.232 e. The monoisotopic (exact) mass is 401 g/mol. The average Bonchev–Trinajstić information content (AvgIpc) is 3.44. The Bertz CT molecular complexity index is 780. The summed E-state index contributed by atoms with van der Waals surface area (Å²) in [4.78, 5) is 25.6. The van der Waals surface area contributed by atoms with E-state index in [0.29, 0.717) is 22.7 Å². The Morgan fingerprint density at radius 3 is 2.64 bits per heavy atom. The number of amides is 1. The molecule has 0 aromatic carbocycles. The summed E-state index contributed by atoms with van der Waals surface area (Å²) in [5.74, 6) is 3.04. The highest BCUT2D eigenvalue weighted by molar-refractivity contribution is 8.00. The van der Waals surface area contributed by atoms with Crippen LogP contribution >= 0.6 is 11.8 Å². The van der Waals surface area contributed by atoms with E-state index in [1.165, 1.54) is 25.7 Å². The number of nitrogens with zero attached hydrogens (tertiary/aromatic N) is 5. The van der Waals surface area contributed by atoms with Gasteiger partial charge in [-0.15, -0.1) is 11.8 Å². The van der Waals surface area contributed by atoms with Crippen molar-refractivity contribution in [2.75, 3.05) is 36.8 Å². The molecule has 1 aliphatic heterocycles. The van der Waals surface area contributed by atoms with E-state index in [0.717, 1.165) is 44.0 Å². The van der Waals surface area contributed by atoms with E-state index in [1.807, 2.05) is 35.7 Å². The second kappa shape index (κ2) is 8.94. The molecule has 2 aromatic rings. The molecule has 2 fully saturated rings. The topological polar surface area (TPSA) is 75.4 Å². The Morgan fingerprint density at radius 2 is 2.00 bits per heavy atom. The fourth-order valence-electron chi connectivity index (χ4n) is 3.74.